The molecule has 0 amide bonds. The van der Waals surface area contributed by atoms with E-state index in [2.05, 4.69) is 0 Å². The van der Waals surface area contributed by atoms with Crippen molar-refractivity contribution in [3.8, 4) is 0 Å². The third-order valence-corrected chi connectivity index (χ3v) is 1.87. The number of aliphatic hydroxyl groups is 1. The molecule has 2 nitrogen and oxygen atoms in total. The average Bonchev–Trinajstić information content (AvgIpc) is 2.04. The van der Waals surface area contributed by atoms with Crippen molar-refractivity contribution in [2.24, 2.45) is 5.92 Å². The van der Waals surface area contributed by atoms with Crippen molar-refractivity contribution in [2.75, 3.05) is 0 Å². The van der Waals surface area contributed by atoms with Crippen LogP contribution in [0.3, 0.4) is 0 Å². The van der Waals surface area contributed by atoms with Gasteiger partial charge in [0.1, 0.15) is 1.37 Å². The molecule has 4 heteroatoms. The molecule has 13 heavy (non-hydrogen) atoms. The minimum absolute atomic E-state index is 0.290. The Bertz CT molecular complexity index is 229. The Balaban J connectivity index is 4.59. The van der Waals surface area contributed by atoms with Crippen LogP contribution in [0.2, 0.25) is 0 Å². The molecule has 0 radical (unpaired) electrons. The van der Waals surface area contributed by atoms with Gasteiger partial charge in [0.2, 0.25) is 5.78 Å². The number of halogens is 2. The lowest BCUT2D eigenvalue weighted by atomic mass is 10.0. The number of carbonyl (C=O) groups is 1. The molecule has 0 bridgehead atoms. The summed E-state index contributed by atoms with van der Waals surface area (Å²) in [4.78, 5) is 10.6. The van der Waals surface area contributed by atoms with Gasteiger partial charge in [0.05, 0.1) is 5.76 Å². The SMILES string of the molecule is [2H]C(F)(F)C(=O)/C=C(\O)C(CC)CC. The van der Waals surface area contributed by atoms with Gasteiger partial charge in [-0.15, -0.1) is 0 Å². The largest absolute Gasteiger partial charge is 0.512 e. The molecule has 0 aliphatic heterocycles. The maximum absolute atomic E-state index is 12.1. The third kappa shape index (κ3) is 4.01. The molecule has 0 aromatic rings. The first kappa shape index (κ1) is 10.2. The van der Waals surface area contributed by atoms with E-state index in [9.17, 15) is 18.7 Å². The van der Waals surface area contributed by atoms with Crippen LogP contribution >= 0.6 is 0 Å². The molecular weight excluding hydrogens is 178 g/mol. The van der Waals surface area contributed by atoms with Crippen molar-refractivity contribution < 1.29 is 20.1 Å². The van der Waals surface area contributed by atoms with Crippen LogP contribution < -0.4 is 0 Å². The molecule has 76 valence electrons. The fourth-order valence-corrected chi connectivity index (χ4v) is 1.01. The quantitative estimate of drug-likeness (QED) is 0.538. The summed E-state index contributed by atoms with van der Waals surface area (Å²) < 4.78 is 30.4. The molecule has 0 spiro atoms. The number of hydrogen-bond acceptors (Lipinski definition) is 2. The first-order valence-electron chi connectivity index (χ1n) is 4.65. The summed E-state index contributed by atoms with van der Waals surface area (Å²) in [5.41, 5.74) is 0. The van der Waals surface area contributed by atoms with Gasteiger partial charge in [0, 0.05) is 12.0 Å². The molecule has 0 saturated carbocycles. The van der Waals surface area contributed by atoms with Crippen LogP contribution in [-0.4, -0.2) is 17.3 Å². The zero-order valence-electron chi connectivity index (χ0n) is 8.68. The Hall–Kier alpha value is -0.930. The van der Waals surface area contributed by atoms with Gasteiger partial charge >= 0.3 is 0 Å². The van der Waals surface area contributed by atoms with E-state index >= 15 is 0 Å². The van der Waals surface area contributed by atoms with Crippen molar-refractivity contribution >= 4 is 5.78 Å². The van der Waals surface area contributed by atoms with Crippen LogP contribution in [-0.2, 0) is 4.79 Å². The van der Waals surface area contributed by atoms with Crippen molar-refractivity contribution in [1.82, 2.24) is 0 Å². The molecule has 0 aromatic carbocycles. The van der Waals surface area contributed by atoms with Gasteiger partial charge in [-0.2, -0.15) is 0 Å². The fraction of sp³-hybridized carbons (Fsp3) is 0.667. The summed E-state index contributed by atoms with van der Waals surface area (Å²) in [6.45, 7) is 3.56. The number of alkyl halides is 2. The van der Waals surface area contributed by atoms with E-state index in [-0.39, 0.29) is 11.7 Å². The predicted octanol–water partition coefficient (Wildman–Crippen LogP) is 2.70. The van der Waals surface area contributed by atoms with Crippen LogP contribution in [0.15, 0.2) is 11.8 Å². The van der Waals surface area contributed by atoms with Gasteiger partial charge in [0.25, 0.3) is 6.40 Å². The molecule has 0 atom stereocenters. The zero-order valence-corrected chi connectivity index (χ0v) is 7.68. The molecule has 0 unspecified atom stereocenters. The molecule has 0 rings (SSSR count). The van der Waals surface area contributed by atoms with E-state index in [1.165, 1.54) is 0 Å². The first-order chi connectivity index (χ1) is 6.32. The molecule has 0 aliphatic rings. The number of rotatable bonds is 5. The maximum Gasteiger partial charge on any atom is 0.300 e. The van der Waals surface area contributed by atoms with Crippen LogP contribution in [0.25, 0.3) is 0 Å². The van der Waals surface area contributed by atoms with Crippen molar-refractivity contribution in [3.63, 3.8) is 0 Å². The van der Waals surface area contributed by atoms with E-state index in [1.54, 1.807) is 13.8 Å². The minimum atomic E-state index is -4.15. The van der Waals surface area contributed by atoms with Crippen LogP contribution in [0.1, 0.15) is 28.1 Å². The molecule has 0 aliphatic carbocycles. The number of carbonyl (C=O) groups excluding carboxylic acids is 1. The van der Waals surface area contributed by atoms with E-state index in [1.807, 2.05) is 0 Å². The number of allylic oxidation sites excluding steroid dienone is 2. The molecule has 0 saturated heterocycles. The lowest BCUT2D eigenvalue weighted by Gasteiger charge is -2.10. The highest BCUT2D eigenvalue weighted by molar-refractivity contribution is 5.92. The molecular formula is C9H14F2O2. The summed E-state index contributed by atoms with van der Waals surface area (Å²) in [6.07, 6.45) is -2.57. The lowest BCUT2D eigenvalue weighted by molar-refractivity contribution is -0.124. The second-order valence-electron chi connectivity index (χ2n) is 2.71. The van der Waals surface area contributed by atoms with Gasteiger partial charge < -0.3 is 5.11 Å². The van der Waals surface area contributed by atoms with E-state index in [0.29, 0.717) is 18.9 Å². The summed E-state index contributed by atoms with van der Waals surface area (Å²) >= 11 is 0. The predicted molar refractivity (Wildman–Crippen MR) is 45.8 cm³/mol. The molecule has 1 N–H and O–H groups in total. The fourth-order valence-electron chi connectivity index (χ4n) is 1.01. The van der Waals surface area contributed by atoms with Crippen molar-refractivity contribution in [2.45, 2.75) is 33.1 Å². The first-order valence-corrected chi connectivity index (χ1v) is 4.15. The van der Waals surface area contributed by atoms with Gasteiger partial charge in [-0.05, 0) is 12.8 Å². The van der Waals surface area contributed by atoms with E-state index in [0.717, 1.165) is 0 Å². The molecule has 0 heterocycles. The number of aliphatic hydroxyl groups excluding tert-OH is 1. The lowest BCUT2D eigenvalue weighted by Crippen LogP contribution is -2.10. The van der Waals surface area contributed by atoms with Crippen molar-refractivity contribution in [3.05, 3.63) is 11.8 Å². The molecule has 0 fully saturated rings. The minimum Gasteiger partial charge on any atom is -0.512 e. The van der Waals surface area contributed by atoms with E-state index < -0.39 is 12.2 Å². The Morgan fingerprint density at radius 1 is 1.54 bits per heavy atom. The monoisotopic (exact) mass is 193 g/mol. The third-order valence-electron chi connectivity index (χ3n) is 1.87. The standard InChI is InChI=1S/C9H14F2O2/c1-3-6(4-2)7(12)5-8(13)9(10)11/h5-6,9,12H,3-4H2,1-2H3/b7-5-/i9D. The summed E-state index contributed by atoms with van der Waals surface area (Å²) in [5, 5.41) is 9.27. The number of hydrogen-bond donors (Lipinski definition) is 1. The van der Waals surface area contributed by atoms with Crippen molar-refractivity contribution in [1.29, 1.82) is 0 Å². The Labute approximate surface area is 77.7 Å². The van der Waals surface area contributed by atoms with Gasteiger partial charge in [0.15, 0.2) is 0 Å². The highest BCUT2D eigenvalue weighted by atomic mass is 19.3. The zero-order chi connectivity index (χ0) is 11.4. The van der Waals surface area contributed by atoms with Crippen LogP contribution in [0.5, 0.6) is 0 Å². The Kier molecular flexibility index (Phi) is 4.43. The topological polar surface area (TPSA) is 37.3 Å². The highest BCUT2D eigenvalue weighted by Crippen LogP contribution is 2.16. The molecule has 0 aromatic heterocycles. The Morgan fingerprint density at radius 3 is 2.31 bits per heavy atom. The van der Waals surface area contributed by atoms with Crippen LogP contribution in [0, 0.1) is 5.92 Å². The second kappa shape index (κ2) is 5.67. The Morgan fingerprint density at radius 2 is 2.00 bits per heavy atom. The summed E-state index contributed by atoms with van der Waals surface area (Å²) in [6, 6.07) is 0. The van der Waals surface area contributed by atoms with Gasteiger partial charge in [-0.25, -0.2) is 8.78 Å². The van der Waals surface area contributed by atoms with Crippen LogP contribution in [0.4, 0.5) is 8.78 Å². The maximum atomic E-state index is 12.1. The number of ketones is 1. The smallest absolute Gasteiger partial charge is 0.300 e. The summed E-state index contributed by atoms with van der Waals surface area (Å²) in [5.74, 6) is -2.34. The van der Waals surface area contributed by atoms with Gasteiger partial charge in [-0.1, -0.05) is 13.8 Å². The van der Waals surface area contributed by atoms with Gasteiger partial charge in [-0.3, -0.25) is 4.79 Å². The van der Waals surface area contributed by atoms with E-state index in [4.69, 9.17) is 1.37 Å². The summed E-state index contributed by atoms with van der Waals surface area (Å²) in [7, 11) is 0. The average molecular weight is 193 g/mol. The highest BCUT2D eigenvalue weighted by Gasteiger charge is 2.16. The normalized spacial score (nSPS) is 14.5. The second-order valence-corrected chi connectivity index (χ2v) is 2.71.